The van der Waals surface area contributed by atoms with Gasteiger partial charge in [0, 0.05) is 30.9 Å². The van der Waals surface area contributed by atoms with Crippen molar-refractivity contribution >= 4 is 16.8 Å². The van der Waals surface area contributed by atoms with E-state index in [0.717, 1.165) is 54.4 Å². The molecule has 7 nitrogen and oxygen atoms in total. The molecule has 1 N–H and O–H groups in total. The van der Waals surface area contributed by atoms with Crippen molar-refractivity contribution < 1.29 is 4.42 Å². The molecule has 1 aliphatic rings. The Balaban J connectivity index is 1.25. The zero-order valence-electron chi connectivity index (χ0n) is 14.9. The highest BCUT2D eigenvalue weighted by molar-refractivity contribution is 5.77. The number of fused-ring (bicyclic) bond motifs is 2. The first kappa shape index (κ1) is 16.0. The summed E-state index contributed by atoms with van der Waals surface area (Å²) in [5.41, 5.74) is 3.20. The fourth-order valence-electron chi connectivity index (χ4n) is 3.51. The van der Waals surface area contributed by atoms with Gasteiger partial charge in [0.25, 0.3) is 0 Å². The summed E-state index contributed by atoms with van der Waals surface area (Å²) in [6.45, 7) is 4.17. The van der Waals surface area contributed by atoms with Crippen LogP contribution in [0.5, 0.6) is 0 Å². The SMILES string of the molecule is c1ccc2oc(CN3CCn4nc(CNc5cnccn5)cc4C3)cc2c1. The van der Waals surface area contributed by atoms with Crippen LogP contribution in [0.4, 0.5) is 5.82 Å². The number of benzene rings is 1. The minimum atomic E-state index is 0.641. The van der Waals surface area contributed by atoms with Crippen molar-refractivity contribution in [3.05, 3.63) is 72.1 Å². The number of hydrogen-bond donors (Lipinski definition) is 1. The highest BCUT2D eigenvalue weighted by Crippen LogP contribution is 2.22. The molecule has 27 heavy (non-hydrogen) atoms. The Hall–Kier alpha value is -3.19. The summed E-state index contributed by atoms with van der Waals surface area (Å²) in [6, 6.07) is 12.4. The van der Waals surface area contributed by atoms with Crippen molar-refractivity contribution in [1.82, 2.24) is 24.6 Å². The Morgan fingerprint density at radius 2 is 2.07 bits per heavy atom. The maximum atomic E-state index is 5.96. The van der Waals surface area contributed by atoms with Crippen LogP contribution in [0, 0.1) is 0 Å². The van der Waals surface area contributed by atoms with Crippen LogP contribution >= 0.6 is 0 Å². The minimum absolute atomic E-state index is 0.641. The number of aromatic nitrogens is 4. The van der Waals surface area contributed by atoms with Gasteiger partial charge in [-0.15, -0.1) is 0 Å². The van der Waals surface area contributed by atoms with E-state index in [4.69, 9.17) is 9.52 Å². The van der Waals surface area contributed by atoms with Crippen molar-refractivity contribution in [2.75, 3.05) is 11.9 Å². The molecule has 0 aliphatic carbocycles. The maximum Gasteiger partial charge on any atom is 0.144 e. The molecule has 0 amide bonds. The van der Waals surface area contributed by atoms with E-state index in [1.54, 1.807) is 18.6 Å². The molecular formula is C20H20N6O. The normalized spacial score (nSPS) is 14.4. The Kier molecular flexibility index (Phi) is 4.06. The van der Waals surface area contributed by atoms with Crippen molar-refractivity contribution in [3.8, 4) is 0 Å². The average Bonchev–Trinajstić information content (AvgIpc) is 3.29. The van der Waals surface area contributed by atoms with Gasteiger partial charge in [0.1, 0.15) is 17.2 Å². The molecule has 0 spiro atoms. The van der Waals surface area contributed by atoms with Crippen LogP contribution in [0.15, 0.2) is 59.4 Å². The van der Waals surface area contributed by atoms with Gasteiger partial charge in [-0.1, -0.05) is 18.2 Å². The molecule has 0 atom stereocenters. The molecule has 1 aliphatic heterocycles. The van der Waals surface area contributed by atoms with E-state index in [2.05, 4.69) is 43.1 Å². The van der Waals surface area contributed by atoms with Crippen molar-refractivity contribution in [2.24, 2.45) is 0 Å². The zero-order chi connectivity index (χ0) is 18.1. The molecule has 0 unspecified atom stereocenters. The summed E-state index contributed by atoms with van der Waals surface area (Å²) in [6.07, 6.45) is 5.05. The Morgan fingerprint density at radius 3 is 2.96 bits per heavy atom. The number of para-hydroxylation sites is 1. The van der Waals surface area contributed by atoms with Gasteiger partial charge < -0.3 is 9.73 Å². The molecule has 4 aromatic rings. The largest absolute Gasteiger partial charge is 0.460 e. The van der Waals surface area contributed by atoms with Gasteiger partial charge in [-0.3, -0.25) is 14.6 Å². The highest BCUT2D eigenvalue weighted by Gasteiger charge is 2.19. The summed E-state index contributed by atoms with van der Waals surface area (Å²) < 4.78 is 8.06. The molecule has 5 rings (SSSR count). The number of anilines is 1. The molecule has 3 aromatic heterocycles. The van der Waals surface area contributed by atoms with Gasteiger partial charge >= 0.3 is 0 Å². The van der Waals surface area contributed by atoms with Gasteiger partial charge in [0.05, 0.1) is 37.2 Å². The first-order valence-electron chi connectivity index (χ1n) is 9.09. The highest BCUT2D eigenvalue weighted by atomic mass is 16.3. The average molecular weight is 360 g/mol. The lowest BCUT2D eigenvalue weighted by molar-refractivity contribution is 0.192. The number of hydrogen-bond acceptors (Lipinski definition) is 6. The fourth-order valence-corrected chi connectivity index (χ4v) is 3.51. The number of nitrogens with zero attached hydrogens (tertiary/aromatic N) is 5. The Labute approximate surface area is 156 Å². The van der Waals surface area contributed by atoms with E-state index in [1.807, 2.05) is 18.2 Å². The second-order valence-electron chi connectivity index (χ2n) is 6.76. The molecule has 0 saturated carbocycles. The molecular weight excluding hydrogens is 340 g/mol. The number of furan rings is 1. The second kappa shape index (κ2) is 6.85. The van der Waals surface area contributed by atoms with Crippen LogP contribution in [0.3, 0.4) is 0 Å². The number of nitrogens with one attached hydrogen (secondary N) is 1. The van der Waals surface area contributed by atoms with Crippen molar-refractivity contribution in [1.29, 1.82) is 0 Å². The third-order valence-electron chi connectivity index (χ3n) is 4.80. The van der Waals surface area contributed by atoms with Crippen molar-refractivity contribution in [2.45, 2.75) is 26.2 Å². The van der Waals surface area contributed by atoms with E-state index in [0.29, 0.717) is 6.54 Å². The van der Waals surface area contributed by atoms with Crippen LogP contribution in [0.25, 0.3) is 11.0 Å². The predicted octanol–water partition coefficient (Wildman–Crippen LogP) is 3.05. The topological polar surface area (TPSA) is 72.0 Å². The van der Waals surface area contributed by atoms with E-state index in [-0.39, 0.29) is 0 Å². The molecule has 0 bridgehead atoms. The van der Waals surface area contributed by atoms with Gasteiger partial charge in [-0.25, -0.2) is 4.98 Å². The lowest BCUT2D eigenvalue weighted by Crippen LogP contribution is -2.33. The quantitative estimate of drug-likeness (QED) is 0.590. The zero-order valence-corrected chi connectivity index (χ0v) is 14.9. The van der Waals surface area contributed by atoms with E-state index >= 15 is 0 Å². The molecule has 1 aromatic carbocycles. The van der Waals surface area contributed by atoms with Gasteiger partial charge in [-0.05, 0) is 18.2 Å². The van der Waals surface area contributed by atoms with Crippen LogP contribution in [0.2, 0.25) is 0 Å². The van der Waals surface area contributed by atoms with E-state index in [1.165, 1.54) is 5.69 Å². The smallest absolute Gasteiger partial charge is 0.144 e. The Bertz CT molecular complexity index is 1020. The van der Waals surface area contributed by atoms with E-state index in [9.17, 15) is 0 Å². The summed E-state index contributed by atoms with van der Waals surface area (Å²) in [4.78, 5) is 10.7. The molecule has 136 valence electrons. The lowest BCUT2D eigenvalue weighted by atomic mass is 10.2. The predicted molar refractivity (Wildman–Crippen MR) is 102 cm³/mol. The lowest BCUT2D eigenvalue weighted by Gasteiger charge is -2.26. The fraction of sp³-hybridized carbons (Fsp3) is 0.250. The molecule has 4 heterocycles. The van der Waals surface area contributed by atoms with Gasteiger partial charge in [0.15, 0.2) is 0 Å². The third kappa shape index (κ3) is 3.41. The van der Waals surface area contributed by atoms with Crippen LogP contribution in [0.1, 0.15) is 17.1 Å². The molecule has 0 saturated heterocycles. The summed E-state index contributed by atoms with van der Waals surface area (Å²) in [5.74, 6) is 1.77. The van der Waals surface area contributed by atoms with Gasteiger partial charge in [-0.2, -0.15) is 5.10 Å². The molecule has 0 fully saturated rings. The van der Waals surface area contributed by atoms with Crippen LogP contribution in [-0.4, -0.2) is 31.2 Å². The first-order chi connectivity index (χ1) is 13.3. The molecule has 0 radical (unpaired) electrons. The monoisotopic (exact) mass is 360 g/mol. The first-order valence-corrected chi connectivity index (χ1v) is 9.09. The van der Waals surface area contributed by atoms with E-state index < -0.39 is 0 Å². The number of rotatable bonds is 5. The Morgan fingerprint density at radius 1 is 1.11 bits per heavy atom. The third-order valence-corrected chi connectivity index (χ3v) is 4.80. The van der Waals surface area contributed by atoms with Crippen LogP contribution < -0.4 is 5.32 Å². The summed E-state index contributed by atoms with van der Waals surface area (Å²) >= 11 is 0. The van der Waals surface area contributed by atoms with Crippen molar-refractivity contribution in [3.63, 3.8) is 0 Å². The van der Waals surface area contributed by atoms with Gasteiger partial charge in [0.2, 0.25) is 0 Å². The summed E-state index contributed by atoms with van der Waals surface area (Å²) in [5, 5.41) is 9.12. The maximum absolute atomic E-state index is 5.96. The summed E-state index contributed by atoms with van der Waals surface area (Å²) in [7, 11) is 0. The minimum Gasteiger partial charge on any atom is -0.460 e. The van der Waals surface area contributed by atoms with Crippen LogP contribution in [-0.2, 0) is 26.2 Å². The standard InChI is InChI=1S/C20H20N6O/c1-2-4-19-15(3-1)9-18(27-19)14-25-7-8-26-17(13-25)10-16(24-26)11-23-20-12-21-5-6-22-20/h1-6,9-10,12H,7-8,11,13-14H2,(H,22,23). The second-order valence-corrected chi connectivity index (χ2v) is 6.76. The molecule has 7 heteroatoms.